The van der Waals surface area contributed by atoms with Crippen LogP contribution in [-0.4, -0.2) is 11.9 Å². The predicted molar refractivity (Wildman–Crippen MR) is 95.5 cm³/mol. The lowest BCUT2D eigenvalue weighted by atomic mass is 10.1. The molecule has 114 valence electrons. The summed E-state index contributed by atoms with van der Waals surface area (Å²) >= 11 is 3.39. The Labute approximate surface area is 140 Å². The number of nitrogens with one attached hydrogen (secondary N) is 1. The molecule has 2 nitrogen and oxygen atoms in total. The summed E-state index contributed by atoms with van der Waals surface area (Å²) in [6.07, 6.45) is 5.31. The van der Waals surface area contributed by atoms with Crippen molar-refractivity contribution in [3.8, 4) is 0 Å². The van der Waals surface area contributed by atoms with Gasteiger partial charge in [-0.25, -0.2) is 0 Å². The summed E-state index contributed by atoms with van der Waals surface area (Å²) in [6, 6.07) is 18.3. The first-order chi connectivity index (χ1) is 10.6. The van der Waals surface area contributed by atoms with Crippen LogP contribution < -0.4 is 5.32 Å². The van der Waals surface area contributed by atoms with E-state index in [1.54, 1.807) is 6.08 Å². The third kappa shape index (κ3) is 5.86. The molecule has 3 heteroatoms. The van der Waals surface area contributed by atoms with Gasteiger partial charge in [0.05, 0.1) is 0 Å². The lowest BCUT2D eigenvalue weighted by Crippen LogP contribution is -2.31. The fourth-order valence-electron chi connectivity index (χ4n) is 2.14. The number of hydrogen-bond acceptors (Lipinski definition) is 1. The Bertz CT molecular complexity index is 620. The van der Waals surface area contributed by atoms with Gasteiger partial charge in [-0.2, -0.15) is 0 Å². The molecule has 2 aromatic rings. The molecule has 0 aromatic heterocycles. The smallest absolute Gasteiger partial charge is 0.244 e. The van der Waals surface area contributed by atoms with E-state index in [0.717, 1.165) is 22.9 Å². The molecule has 0 spiro atoms. The highest BCUT2D eigenvalue weighted by molar-refractivity contribution is 9.10. The molecule has 2 rings (SSSR count). The van der Waals surface area contributed by atoms with Gasteiger partial charge in [0.2, 0.25) is 5.91 Å². The first-order valence-electron chi connectivity index (χ1n) is 7.41. The fourth-order valence-corrected chi connectivity index (χ4v) is 2.40. The van der Waals surface area contributed by atoms with Crippen molar-refractivity contribution in [2.75, 3.05) is 0 Å². The average molecular weight is 358 g/mol. The molecular formula is C19H20BrNO. The molecule has 0 saturated heterocycles. The molecule has 1 amide bonds. The van der Waals surface area contributed by atoms with Crippen LogP contribution >= 0.6 is 15.9 Å². The van der Waals surface area contributed by atoms with Crippen LogP contribution in [0.3, 0.4) is 0 Å². The zero-order chi connectivity index (χ0) is 15.8. The molecule has 0 heterocycles. The topological polar surface area (TPSA) is 29.1 Å². The van der Waals surface area contributed by atoms with Crippen molar-refractivity contribution >= 4 is 27.9 Å². The Morgan fingerprint density at radius 1 is 1.14 bits per heavy atom. The third-order valence-electron chi connectivity index (χ3n) is 3.39. The molecule has 0 unspecified atom stereocenters. The van der Waals surface area contributed by atoms with E-state index in [4.69, 9.17) is 0 Å². The normalized spacial score (nSPS) is 12.3. The molecule has 1 atom stereocenters. The lowest BCUT2D eigenvalue weighted by molar-refractivity contribution is -0.117. The highest BCUT2D eigenvalue weighted by Gasteiger charge is 2.05. The number of benzene rings is 2. The van der Waals surface area contributed by atoms with Gasteiger partial charge in [0.15, 0.2) is 0 Å². The van der Waals surface area contributed by atoms with Crippen LogP contribution in [0.5, 0.6) is 0 Å². The lowest BCUT2D eigenvalue weighted by Gasteiger charge is -2.12. The summed E-state index contributed by atoms with van der Waals surface area (Å²) in [7, 11) is 0. The Balaban J connectivity index is 1.77. The Morgan fingerprint density at radius 3 is 2.50 bits per heavy atom. The third-order valence-corrected chi connectivity index (χ3v) is 3.92. The van der Waals surface area contributed by atoms with Crippen LogP contribution in [0, 0.1) is 0 Å². The number of amides is 1. The molecular weight excluding hydrogens is 338 g/mol. The van der Waals surface area contributed by atoms with E-state index in [2.05, 4.69) is 33.4 Å². The minimum absolute atomic E-state index is 0.0523. The van der Waals surface area contributed by atoms with Crippen LogP contribution in [0.2, 0.25) is 0 Å². The van der Waals surface area contributed by atoms with E-state index >= 15 is 0 Å². The van der Waals surface area contributed by atoms with Gasteiger partial charge < -0.3 is 5.32 Å². The number of halogens is 1. The number of hydrogen-bond donors (Lipinski definition) is 1. The maximum Gasteiger partial charge on any atom is 0.244 e. The summed E-state index contributed by atoms with van der Waals surface area (Å²) in [5, 5.41) is 3.00. The highest BCUT2D eigenvalue weighted by Crippen LogP contribution is 2.11. The number of carbonyl (C=O) groups is 1. The van der Waals surface area contributed by atoms with E-state index in [0.29, 0.717) is 0 Å². The van der Waals surface area contributed by atoms with Crippen molar-refractivity contribution in [2.24, 2.45) is 0 Å². The highest BCUT2D eigenvalue weighted by atomic mass is 79.9. The number of aryl methyl sites for hydroxylation is 1. The first-order valence-corrected chi connectivity index (χ1v) is 8.21. The maximum absolute atomic E-state index is 11.9. The average Bonchev–Trinajstić information content (AvgIpc) is 2.53. The van der Waals surface area contributed by atoms with Crippen LogP contribution in [0.25, 0.3) is 6.08 Å². The largest absolute Gasteiger partial charge is 0.350 e. The van der Waals surface area contributed by atoms with Crippen molar-refractivity contribution in [3.05, 3.63) is 76.3 Å². The molecule has 0 radical (unpaired) electrons. The quantitative estimate of drug-likeness (QED) is 0.752. The van der Waals surface area contributed by atoms with E-state index in [-0.39, 0.29) is 11.9 Å². The van der Waals surface area contributed by atoms with Crippen molar-refractivity contribution in [2.45, 2.75) is 25.8 Å². The molecule has 0 aliphatic carbocycles. The van der Waals surface area contributed by atoms with E-state index < -0.39 is 0 Å². The molecule has 22 heavy (non-hydrogen) atoms. The summed E-state index contributed by atoms with van der Waals surface area (Å²) in [5.74, 6) is -0.0523. The second kappa shape index (κ2) is 8.54. The van der Waals surface area contributed by atoms with Gasteiger partial charge >= 0.3 is 0 Å². The predicted octanol–water partition coefficient (Wildman–Crippen LogP) is 4.60. The van der Waals surface area contributed by atoms with E-state index in [1.807, 2.05) is 55.5 Å². The van der Waals surface area contributed by atoms with Gasteiger partial charge in [-0.3, -0.25) is 4.79 Å². The minimum Gasteiger partial charge on any atom is -0.350 e. The van der Waals surface area contributed by atoms with Gasteiger partial charge in [0, 0.05) is 16.6 Å². The van der Waals surface area contributed by atoms with Crippen LogP contribution in [0.15, 0.2) is 65.1 Å². The second-order valence-corrected chi connectivity index (χ2v) is 6.23. The molecule has 0 aliphatic rings. The molecule has 0 saturated carbocycles. The Morgan fingerprint density at radius 2 is 1.82 bits per heavy atom. The summed E-state index contributed by atoms with van der Waals surface area (Å²) in [5.41, 5.74) is 2.31. The van der Waals surface area contributed by atoms with E-state index in [1.165, 1.54) is 5.56 Å². The molecule has 1 N–H and O–H groups in total. The first kappa shape index (κ1) is 16.5. The molecule has 0 bridgehead atoms. The van der Waals surface area contributed by atoms with Crippen molar-refractivity contribution < 1.29 is 4.79 Å². The summed E-state index contributed by atoms with van der Waals surface area (Å²) < 4.78 is 1.03. The van der Waals surface area contributed by atoms with Gasteiger partial charge in [0.25, 0.3) is 0 Å². The van der Waals surface area contributed by atoms with Gasteiger partial charge in [-0.15, -0.1) is 0 Å². The van der Waals surface area contributed by atoms with Crippen LogP contribution in [0.4, 0.5) is 0 Å². The molecule has 0 fully saturated rings. The van der Waals surface area contributed by atoms with Crippen molar-refractivity contribution in [1.29, 1.82) is 0 Å². The minimum atomic E-state index is -0.0523. The summed E-state index contributed by atoms with van der Waals surface area (Å²) in [4.78, 5) is 11.9. The van der Waals surface area contributed by atoms with E-state index in [9.17, 15) is 4.79 Å². The number of rotatable bonds is 6. The van der Waals surface area contributed by atoms with Crippen molar-refractivity contribution in [1.82, 2.24) is 5.32 Å². The fraction of sp³-hybridized carbons (Fsp3) is 0.211. The van der Waals surface area contributed by atoms with Gasteiger partial charge in [-0.1, -0.05) is 58.4 Å². The molecule has 2 aromatic carbocycles. The van der Waals surface area contributed by atoms with Crippen LogP contribution in [-0.2, 0) is 11.2 Å². The molecule has 0 aliphatic heterocycles. The SMILES string of the molecule is C[C@@H](CCc1ccccc1)NC(=O)/C=C/c1ccc(Br)cc1. The monoisotopic (exact) mass is 357 g/mol. The zero-order valence-electron chi connectivity index (χ0n) is 12.6. The van der Waals surface area contributed by atoms with Gasteiger partial charge in [-0.05, 0) is 49.1 Å². The number of carbonyl (C=O) groups excluding carboxylic acids is 1. The Hall–Kier alpha value is -1.87. The zero-order valence-corrected chi connectivity index (χ0v) is 14.2. The standard InChI is InChI=1S/C19H20BrNO/c1-15(7-8-16-5-3-2-4-6-16)21-19(22)14-11-17-9-12-18(20)13-10-17/h2-6,9-15H,7-8H2,1H3,(H,21,22)/b14-11+/t15-/m0/s1. The van der Waals surface area contributed by atoms with Gasteiger partial charge in [0.1, 0.15) is 0 Å². The summed E-state index contributed by atoms with van der Waals surface area (Å²) in [6.45, 7) is 2.04. The van der Waals surface area contributed by atoms with Crippen molar-refractivity contribution in [3.63, 3.8) is 0 Å². The second-order valence-electron chi connectivity index (χ2n) is 5.32. The maximum atomic E-state index is 11.9. The van der Waals surface area contributed by atoms with Crippen LogP contribution in [0.1, 0.15) is 24.5 Å². The Kier molecular flexibility index (Phi) is 6.41.